The molecule has 0 radical (unpaired) electrons. The molecule has 0 rings (SSSR count). The van der Waals surface area contributed by atoms with E-state index in [1.807, 2.05) is 0 Å². The van der Waals surface area contributed by atoms with E-state index >= 15 is 0 Å². The number of ether oxygens (including phenoxy) is 2. The number of hydrogen-bond acceptors (Lipinski definition) is 4. The SMILES string of the molecule is C=C(CCC(=O)OC)C(=C)C(=O)OC. The Bertz CT molecular complexity index is 265. The van der Waals surface area contributed by atoms with E-state index in [-0.39, 0.29) is 18.0 Å². The van der Waals surface area contributed by atoms with Gasteiger partial charge in [0, 0.05) is 6.42 Å². The van der Waals surface area contributed by atoms with Crippen molar-refractivity contribution in [3.63, 3.8) is 0 Å². The summed E-state index contributed by atoms with van der Waals surface area (Å²) in [6.45, 7) is 7.12. The van der Waals surface area contributed by atoms with Gasteiger partial charge in [-0.15, -0.1) is 0 Å². The Balaban J connectivity index is 4.03. The average Bonchev–Trinajstić information content (AvgIpc) is 2.22. The molecule has 0 atom stereocenters. The van der Waals surface area contributed by atoms with E-state index < -0.39 is 5.97 Å². The van der Waals surface area contributed by atoms with Crippen LogP contribution in [0.25, 0.3) is 0 Å². The molecule has 0 aliphatic heterocycles. The molecular formula is C10H14O4. The first-order valence-corrected chi connectivity index (χ1v) is 4.05. The standard InChI is InChI=1S/C10H14O4/c1-7(5-6-9(11)13-3)8(2)10(12)14-4/h1-2,5-6H2,3-4H3. The van der Waals surface area contributed by atoms with Crippen molar-refractivity contribution < 1.29 is 19.1 Å². The molecule has 0 aromatic heterocycles. The van der Waals surface area contributed by atoms with Crippen LogP contribution in [0.2, 0.25) is 0 Å². The zero-order chi connectivity index (χ0) is 11.1. The number of carbonyl (C=O) groups excluding carboxylic acids is 2. The Morgan fingerprint density at radius 3 is 2.07 bits per heavy atom. The van der Waals surface area contributed by atoms with Crippen LogP contribution in [0, 0.1) is 0 Å². The molecule has 4 nitrogen and oxygen atoms in total. The van der Waals surface area contributed by atoms with Crippen LogP contribution in [0.15, 0.2) is 24.3 Å². The maximum absolute atomic E-state index is 11.0. The highest BCUT2D eigenvalue weighted by molar-refractivity contribution is 5.92. The Morgan fingerprint density at radius 1 is 1.07 bits per heavy atom. The summed E-state index contributed by atoms with van der Waals surface area (Å²) in [7, 11) is 2.57. The molecule has 0 aromatic carbocycles. The largest absolute Gasteiger partial charge is 0.469 e. The molecule has 0 spiro atoms. The smallest absolute Gasteiger partial charge is 0.337 e. The summed E-state index contributed by atoms with van der Waals surface area (Å²) >= 11 is 0. The van der Waals surface area contributed by atoms with E-state index in [9.17, 15) is 9.59 Å². The van der Waals surface area contributed by atoms with E-state index in [2.05, 4.69) is 22.6 Å². The number of methoxy groups -OCH3 is 2. The van der Waals surface area contributed by atoms with Crippen molar-refractivity contribution in [3.05, 3.63) is 24.3 Å². The highest BCUT2D eigenvalue weighted by atomic mass is 16.5. The van der Waals surface area contributed by atoms with Gasteiger partial charge in [-0.3, -0.25) is 4.79 Å². The van der Waals surface area contributed by atoms with Gasteiger partial charge in [-0.2, -0.15) is 0 Å². The van der Waals surface area contributed by atoms with E-state index in [0.29, 0.717) is 12.0 Å². The maximum Gasteiger partial charge on any atom is 0.337 e. The molecular weight excluding hydrogens is 184 g/mol. The summed E-state index contributed by atoms with van der Waals surface area (Å²) in [5.41, 5.74) is 0.679. The summed E-state index contributed by atoms with van der Waals surface area (Å²) in [4.78, 5) is 21.7. The molecule has 0 unspecified atom stereocenters. The molecule has 14 heavy (non-hydrogen) atoms. The van der Waals surface area contributed by atoms with Gasteiger partial charge in [0.05, 0.1) is 19.8 Å². The van der Waals surface area contributed by atoms with E-state index in [4.69, 9.17) is 0 Å². The summed E-state index contributed by atoms with van der Waals surface area (Å²) in [6.07, 6.45) is 0.534. The summed E-state index contributed by atoms with van der Waals surface area (Å²) in [5.74, 6) is -0.872. The van der Waals surface area contributed by atoms with Crippen LogP contribution >= 0.6 is 0 Å². The summed E-state index contributed by atoms with van der Waals surface area (Å²) in [6, 6.07) is 0. The van der Waals surface area contributed by atoms with Crippen molar-refractivity contribution in [2.24, 2.45) is 0 Å². The Morgan fingerprint density at radius 2 is 1.64 bits per heavy atom. The van der Waals surface area contributed by atoms with Gasteiger partial charge in [-0.1, -0.05) is 13.2 Å². The minimum Gasteiger partial charge on any atom is -0.469 e. The van der Waals surface area contributed by atoms with E-state index in [1.54, 1.807) is 0 Å². The van der Waals surface area contributed by atoms with Crippen molar-refractivity contribution in [1.82, 2.24) is 0 Å². The van der Waals surface area contributed by atoms with Crippen molar-refractivity contribution in [2.75, 3.05) is 14.2 Å². The molecule has 4 heteroatoms. The van der Waals surface area contributed by atoms with Crippen molar-refractivity contribution in [3.8, 4) is 0 Å². The number of esters is 2. The minimum atomic E-state index is -0.528. The van der Waals surface area contributed by atoms with Gasteiger partial charge >= 0.3 is 11.9 Å². The van der Waals surface area contributed by atoms with Crippen LogP contribution in [-0.4, -0.2) is 26.2 Å². The molecule has 0 bridgehead atoms. The lowest BCUT2D eigenvalue weighted by Crippen LogP contribution is -2.07. The van der Waals surface area contributed by atoms with E-state index in [0.717, 1.165) is 0 Å². The lowest BCUT2D eigenvalue weighted by molar-refractivity contribution is -0.140. The second-order valence-electron chi connectivity index (χ2n) is 2.65. The molecule has 0 amide bonds. The molecule has 0 fully saturated rings. The third-order valence-corrected chi connectivity index (χ3v) is 1.72. The average molecular weight is 198 g/mol. The Labute approximate surface area is 83.2 Å². The predicted octanol–water partition coefficient (Wildman–Crippen LogP) is 1.22. The van der Waals surface area contributed by atoms with Crippen LogP contribution < -0.4 is 0 Å². The quantitative estimate of drug-likeness (QED) is 0.378. The van der Waals surface area contributed by atoms with Gasteiger partial charge < -0.3 is 9.47 Å². The monoisotopic (exact) mass is 198 g/mol. The molecule has 0 N–H and O–H groups in total. The van der Waals surface area contributed by atoms with Crippen LogP contribution in [-0.2, 0) is 19.1 Å². The number of rotatable bonds is 5. The third-order valence-electron chi connectivity index (χ3n) is 1.72. The van der Waals surface area contributed by atoms with Gasteiger partial charge in [-0.05, 0) is 12.0 Å². The molecule has 0 aliphatic rings. The molecule has 0 saturated carbocycles. The van der Waals surface area contributed by atoms with Gasteiger partial charge in [0.15, 0.2) is 0 Å². The summed E-state index contributed by atoms with van der Waals surface area (Å²) in [5, 5.41) is 0. The van der Waals surface area contributed by atoms with Crippen LogP contribution in [0.3, 0.4) is 0 Å². The highest BCUT2D eigenvalue weighted by Gasteiger charge is 2.11. The highest BCUT2D eigenvalue weighted by Crippen LogP contribution is 2.13. The van der Waals surface area contributed by atoms with Crippen molar-refractivity contribution in [1.29, 1.82) is 0 Å². The molecule has 0 aliphatic carbocycles. The number of carbonyl (C=O) groups is 2. The predicted molar refractivity (Wildman–Crippen MR) is 51.5 cm³/mol. The molecule has 78 valence electrons. The van der Waals surface area contributed by atoms with Crippen LogP contribution in [0.1, 0.15) is 12.8 Å². The van der Waals surface area contributed by atoms with Gasteiger partial charge in [0.25, 0.3) is 0 Å². The van der Waals surface area contributed by atoms with Gasteiger partial charge in [-0.25, -0.2) is 4.79 Å². The fraction of sp³-hybridized carbons (Fsp3) is 0.400. The zero-order valence-electron chi connectivity index (χ0n) is 8.46. The lowest BCUT2D eigenvalue weighted by Gasteiger charge is -2.05. The molecule has 0 aromatic rings. The fourth-order valence-electron chi connectivity index (χ4n) is 0.773. The third kappa shape index (κ3) is 3.89. The second kappa shape index (κ2) is 5.96. The zero-order valence-corrected chi connectivity index (χ0v) is 8.46. The minimum absolute atomic E-state index is 0.186. The number of hydrogen-bond donors (Lipinski definition) is 0. The summed E-state index contributed by atoms with van der Waals surface area (Å²) < 4.78 is 8.89. The normalized spacial score (nSPS) is 9.00. The fourth-order valence-corrected chi connectivity index (χ4v) is 0.773. The lowest BCUT2D eigenvalue weighted by atomic mass is 10.1. The van der Waals surface area contributed by atoms with E-state index in [1.165, 1.54) is 14.2 Å². The van der Waals surface area contributed by atoms with Crippen molar-refractivity contribution in [2.45, 2.75) is 12.8 Å². The molecule has 0 heterocycles. The molecule has 0 saturated heterocycles. The Kier molecular flexibility index (Phi) is 5.29. The second-order valence-corrected chi connectivity index (χ2v) is 2.65. The van der Waals surface area contributed by atoms with Gasteiger partial charge in [0.2, 0.25) is 0 Å². The van der Waals surface area contributed by atoms with Crippen molar-refractivity contribution >= 4 is 11.9 Å². The first-order chi connectivity index (χ1) is 6.52. The van der Waals surface area contributed by atoms with Gasteiger partial charge in [0.1, 0.15) is 0 Å². The van der Waals surface area contributed by atoms with Crippen LogP contribution in [0.4, 0.5) is 0 Å². The first-order valence-electron chi connectivity index (χ1n) is 4.05. The first kappa shape index (κ1) is 12.4. The maximum atomic E-state index is 11.0. The Hall–Kier alpha value is -1.58. The van der Waals surface area contributed by atoms with Crippen LogP contribution in [0.5, 0.6) is 0 Å². The topological polar surface area (TPSA) is 52.6 Å².